The maximum absolute atomic E-state index is 12.6. The second-order valence-electron chi connectivity index (χ2n) is 4.63. The van der Waals surface area contributed by atoms with Crippen LogP contribution in [0.15, 0.2) is 34.9 Å². The molecule has 0 bridgehead atoms. The van der Waals surface area contributed by atoms with Gasteiger partial charge in [-0.15, -0.1) is 0 Å². The summed E-state index contributed by atoms with van der Waals surface area (Å²) >= 11 is 0. The van der Waals surface area contributed by atoms with Crippen LogP contribution in [0.1, 0.15) is 17.7 Å². The lowest BCUT2D eigenvalue weighted by Gasteiger charge is -2.10. The van der Waals surface area contributed by atoms with E-state index in [9.17, 15) is 18.0 Å². The Kier molecular flexibility index (Phi) is 4.69. The van der Waals surface area contributed by atoms with E-state index in [4.69, 9.17) is 4.52 Å². The number of alkyl halides is 3. The normalized spacial score (nSPS) is 11.3. The van der Waals surface area contributed by atoms with Crippen LogP contribution in [0.3, 0.4) is 0 Å². The molecular formula is C14H14F3N3O2. The fourth-order valence-corrected chi connectivity index (χ4v) is 1.76. The Hall–Kier alpha value is -2.51. The molecule has 0 unspecified atom stereocenters. The largest absolute Gasteiger partial charge is 0.416 e. The molecule has 2 aromatic rings. The van der Waals surface area contributed by atoms with Gasteiger partial charge in [0, 0.05) is 24.7 Å². The zero-order chi connectivity index (χ0) is 16.2. The number of aryl methyl sites for hydroxylation is 1. The van der Waals surface area contributed by atoms with E-state index in [-0.39, 0.29) is 18.9 Å². The van der Waals surface area contributed by atoms with Crippen LogP contribution in [0.5, 0.6) is 0 Å². The number of carbonyl (C=O) groups is 1. The van der Waals surface area contributed by atoms with Crippen molar-refractivity contribution in [2.75, 3.05) is 17.2 Å². The highest BCUT2D eigenvalue weighted by atomic mass is 19.4. The SMILES string of the molecule is Cc1cc(NC(=O)CCNc2cccc(C(F)(F)F)c2)no1. The highest BCUT2D eigenvalue weighted by molar-refractivity contribution is 5.89. The van der Waals surface area contributed by atoms with Crippen molar-refractivity contribution in [1.29, 1.82) is 0 Å². The zero-order valence-corrected chi connectivity index (χ0v) is 11.7. The Labute approximate surface area is 124 Å². The highest BCUT2D eigenvalue weighted by Gasteiger charge is 2.30. The van der Waals surface area contributed by atoms with Crippen LogP contribution in [-0.2, 0) is 11.0 Å². The summed E-state index contributed by atoms with van der Waals surface area (Å²) in [7, 11) is 0. The first-order valence-electron chi connectivity index (χ1n) is 6.49. The van der Waals surface area contributed by atoms with Crippen molar-refractivity contribution >= 4 is 17.4 Å². The average molecular weight is 313 g/mol. The lowest BCUT2D eigenvalue weighted by atomic mass is 10.2. The number of amides is 1. The third-order valence-electron chi connectivity index (χ3n) is 2.77. The smallest absolute Gasteiger partial charge is 0.385 e. The summed E-state index contributed by atoms with van der Waals surface area (Å²) in [5.41, 5.74) is -0.431. The maximum Gasteiger partial charge on any atom is 0.416 e. The molecule has 0 radical (unpaired) electrons. The minimum atomic E-state index is -4.39. The minimum Gasteiger partial charge on any atom is -0.385 e. The molecule has 0 spiro atoms. The van der Waals surface area contributed by atoms with Crippen molar-refractivity contribution in [3.05, 3.63) is 41.7 Å². The third kappa shape index (κ3) is 4.51. The van der Waals surface area contributed by atoms with Crippen molar-refractivity contribution in [2.45, 2.75) is 19.5 Å². The third-order valence-corrected chi connectivity index (χ3v) is 2.77. The van der Waals surface area contributed by atoms with Crippen molar-refractivity contribution in [3.8, 4) is 0 Å². The van der Waals surface area contributed by atoms with Crippen molar-refractivity contribution in [1.82, 2.24) is 5.16 Å². The molecule has 1 aromatic carbocycles. The van der Waals surface area contributed by atoms with E-state index in [1.807, 2.05) is 0 Å². The Morgan fingerprint density at radius 1 is 1.32 bits per heavy atom. The van der Waals surface area contributed by atoms with E-state index in [0.717, 1.165) is 12.1 Å². The topological polar surface area (TPSA) is 67.2 Å². The lowest BCUT2D eigenvalue weighted by Crippen LogP contribution is -2.16. The van der Waals surface area contributed by atoms with Gasteiger partial charge in [-0.3, -0.25) is 4.79 Å². The van der Waals surface area contributed by atoms with Gasteiger partial charge in [0.15, 0.2) is 5.82 Å². The molecule has 1 aromatic heterocycles. The fraction of sp³-hybridized carbons (Fsp3) is 0.286. The monoisotopic (exact) mass is 313 g/mol. The fourth-order valence-electron chi connectivity index (χ4n) is 1.76. The number of aromatic nitrogens is 1. The van der Waals surface area contributed by atoms with Gasteiger partial charge in [-0.25, -0.2) is 0 Å². The van der Waals surface area contributed by atoms with Gasteiger partial charge in [0.1, 0.15) is 5.76 Å². The van der Waals surface area contributed by atoms with Gasteiger partial charge in [-0.1, -0.05) is 11.2 Å². The predicted octanol–water partition coefficient (Wildman–Crippen LogP) is 3.44. The Bertz CT molecular complexity index is 653. The van der Waals surface area contributed by atoms with Crippen molar-refractivity contribution < 1.29 is 22.5 Å². The summed E-state index contributed by atoms with van der Waals surface area (Å²) in [6.07, 6.45) is -4.30. The molecule has 0 aliphatic rings. The molecule has 5 nitrogen and oxygen atoms in total. The molecule has 2 rings (SSSR count). The molecule has 0 aliphatic heterocycles. The molecule has 2 N–H and O–H groups in total. The molecule has 0 atom stereocenters. The number of rotatable bonds is 5. The van der Waals surface area contributed by atoms with Crippen LogP contribution in [0.2, 0.25) is 0 Å². The van der Waals surface area contributed by atoms with Crippen LogP contribution in [0, 0.1) is 6.92 Å². The van der Waals surface area contributed by atoms with Gasteiger partial charge in [-0.2, -0.15) is 13.2 Å². The van der Waals surface area contributed by atoms with Crippen LogP contribution in [0.25, 0.3) is 0 Å². The molecule has 22 heavy (non-hydrogen) atoms. The summed E-state index contributed by atoms with van der Waals surface area (Å²) in [4.78, 5) is 11.6. The van der Waals surface area contributed by atoms with E-state index in [1.165, 1.54) is 12.1 Å². The molecule has 0 aliphatic carbocycles. The quantitative estimate of drug-likeness (QED) is 0.887. The number of hydrogen-bond acceptors (Lipinski definition) is 4. The standard InChI is InChI=1S/C14H14F3N3O2/c1-9-7-12(20-22-9)19-13(21)5-6-18-11-4-2-3-10(8-11)14(15,16)17/h2-4,7-8,18H,5-6H2,1H3,(H,19,20,21). The molecule has 0 saturated carbocycles. The summed E-state index contributed by atoms with van der Waals surface area (Å²) < 4.78 is 42.5. The average Bonchev–Trinajstić information content (AvgIpc) is 2.83. The maximum atomic E-state index is 12.6. The first-order chi connectivity index (χ1) is 10.3. The van der Waals surface area contributed by atoms with Gasteiger partial charge >= 0.3 is 6.18 Å². The van der Waals surface area contributed by atoms with Crippen molar-refractivity contribution in [3.63, 3.8) is 0 Å². The van der Waals surface area contributed by atoms with Crippen molar-refractivity contribution in [2.24, 2.45) is 0 Å². The number of nitrogens with one attached hydrogen (secondary N) is 2. The predicted molar refractivity (Wildman–Crippen MR) is 74.4 cm³/mol. The molecule has 1 heterocycles. The van der Waals surface area contributed by atoms with Gasteiger partial charge in [0.2, 0.25) is 5.91 Å². The first-order valence-corrected chi connectivity index (χ1v) is 6.49. The highest BCUT2D eigenvalue weighted by Crippen LogP contribution is 2.30. The Balaban J connectivity index is 1.82. The molecule has 0 fully saturated rings. The van der Waals surface area contributed by atoms with Crippen LogP contribution >= 0.6 is 0 Å². The lowest BCUT2D eigenvalue weighted by molar-refractivity contribution is -0.137. The number of nitrogens with zero attached hydrogens (tertiary/aromatic N) is 1. The second kappa shape index (κ2) is 6.50. The summed E-state index contributed by atoms with van der Waals surface area (Å²) in [5, 5.41) is 8.90. The molecule has 8 heteroatoms. The number of benzene rings is 1. The number of halogens is 3. The van der Waals surface area contributed by atoms with E-state index < -0.39 is 11.7 Å². The van der Waals surface area contributed by atoms with E-state index >= 15 is 0 Å². The zero-order valence-electron chi connectivity index (χ0n) is 11.7. The van der Waals surface area contributed by atoms with Crippen LogP contribution in [0.4, 0.5) is 24.7 Å². The molecule has 118 valence electrons. The first kappa shape index (κ1) is 15.9. The molecule has 0 saturated heterocycles. The molecule has 1 amide bonds. The van der Waals surface area contributed by atoms with Gasteiger partial charge in [-0.05, 0) is 25.1 Å². The van der Waals surface area contributed by atoms with E-state index in [1.54, 1.807) is 13.0 Å². The molecular weight excluding hydrogens is 299 g/mol. The number of carbonyl (C=O) groups excluding carboxylic acids is 1. The Morgan fingerprint density at radius 3 is 2.73 bits per heavy atom. The minimum absolute atomic E-state index is 0.0855. The van der Waals surface area contributed by atoms with Gasteiger partial charge in [0.25, 0.3) is 0 Å². The van der Waals surface area contributed by atoms with Crippen LogP contribution in [-0.4, -0.2) is 17.6 Å². The van der Waals surface area contributed by atoms with Gasteiger partial charge < -0.3 is 15.2 Å². The summed E-state index contributed by atoms with van der Waals surface area (Å²) in [6.45, 7) is 1.89. The van der Waals surface area contributed by atoms with E-state index in [2.05, 4.69) is 15.8 Å². The van der Waals surface area contributed by atoms with Gasteiger partial charge in [0.05, 0.1) is 5.56 Å². The van der Waals surface area contributed by atoms with Crippen LogP contribution < -0.4 is 10.6 Å². The Morgan fingerprint density at radius 2 is 2.09 bits per heavy atom. The summed E-state index contributed by atoms with van der Waals surface area (Å²) in [6, 6.07) is 6.37. The number of hydrogen-bond donors (Lipinski definition) is 2. The second-order valence-corrected chi connectivity index (χ2v) is 4.63. The van der Waals surface area contributed by atoms with E-state index in [0.29, 0.717) is 17.3 Å². The number of anilines is 2. The summed E-state index contributed by atoms with van der Waals surface area (Å²) in [5.74, 6) is 0.562.